The summed E-state index contributed by atoms with van der Waals surface area (Å²) >= 11 is 0. The third-order valence-corrected chi connectivity index (χ3v) is 3.61. The molecule has 0 amide bonds. The van der Waals surface area contributed by atoms with Crippen molar-refractivity contribution in [2.24, 2.45) is 10.2 Å². The molecule has 118 valence electrons. The second-order valence-electron chi connectivity index (χ2n) is 5.31. The first-order chi connectivity index (χ1) is 11.7. The molecule has 0 bridgehead atoms. The molecule has 0 aliphatic carbocycles. The molecule has 24 heavy (non-hydrogen) atoms. The van der Waals surface area contributed by atoms with Gasteiger partial charge >= 0.3 is 5.97 Å². The van der Waals surface area contributed by atoms with Crippen LogP contribution in [-0.2, 0) is 6.54 Å². The molecule has 1 N–H and O–H groups in total. The van der Waals surface area contributed by atoms with Crippen molar-refractivity contribution < 1.29 is 9.90 Å². The Morgan fingerprint density at radius 2 is 1.42 bits per heavy atom. The molecule has 0 atom stereocenters. The van der Waals surface area contributed by atoms with Gasteiger partial charge in [0.2, 0.25) is 0 Å². The average molecular weight is 316 g/mol. The third-order valence-electron chi connectivity index (χ3n) is 3.61. The second kappa shape index (κ2) is 7.33. The van der Waals surface area contributed by atoms with E-state index in [0.29, 0.717) is 12.2 Å². The van der Waals surface area contributed by atoms with Crippen LogP contribution in [0, 0.1) is 0 Å². The highest BCUT2D eigenvalue weighted by Gasteiger charge is 2.01. The van der Waals surface area contributed by atoms with Crippen LogP contribution in [0.4, 0.5) is 5.69 Å². The summed E-state index contributed by atoms with van der Waals surface area (Å²) in [6.07, 6.45) is 0. The van der Waals surface area contributed by atoms with E-state index in [4.69, 9.17) is 5.11 Å². The van der Waals surface area contributed by atoms with Crippen molar-refractivity contribution in [2.75, 3.05) is 0 Å². The van der Waals surface area contributed by atoms with E-state index in [1.165, 1.54) is 23.3 Å². The standard InChI is InChI=1S/C20H16N2O2/c23-20(24)18-10-12-19(13-11-18)22-21-14-15-6-8-17(9-7-15)16-4-2-1-3-5-16/h1-13H,14H2,(H,23,24). The summed E-state index contributed by atoms with van der Waals surface area (Å²) in [6, 6.07) is 24.7. The average Bonchev–Trinajstić information content (AvgIpc) is 2.63. The number of aromatic carboxylic acids is 1. The van der Waals surface area contributed by atoms with Gasteiger partial charge in [0.1, 0.15) is 0 Å². The maximum atomic E-state index is 10.8. The Bertz CT molecular complexity index is 839. The summed E-state index contributed by atoms with van der Waals surface area (Å²) in [7, 11) is 0. The quantitative estimate of drug-likeness (QED) is 0.646. The smallest absolute Gasteiger partial charge is 0.335 e. The van der Waals surface area contributed by atoms with Gasteiger partial charge in [-0.05, 0) is 41.0 Å². The van der Waals surface area contributed by atoms with Gasteiger partial charge in [-0.1, -0.05) is 54.6 Å². The predicted molar refractivity (Wildman–Crippen MR) is 93.5 cm³/mol. The Morgan fingerprint density at radius 3 is 2.04 bits per heavy atom. The van der Waals surface area contributed by atoms with E-state index >= 15 is 0 Å². The number of benzene rings is 3. The van der Waals surface area contributed by atoms with Crippen molar-refractivity contribution in [3.05, 3.63) is 90.0 Å². The van der Waals surface area contributed by atoms with E-state index in [-0.39, 0.29) is 5.56 Å². The number of azo groups is 1. The fourth-order valence-electron chi connectivity index (χ4n) is 2.30. The summed E-state index contributed by atoms with van der Waals surface area (Å²) < 4.78 is 0. The van der Waals surface area contributed by atoms with Crippen LogP contribution in [0.5, 0.6) is 0 Å². The van der Waals surface area contributed by atoms with E-state index in [0.717, 1.165) is 5.56 Å². The molecule has 0 aliphatic rings. The lowest BCUT2D eigenvalue weighted by atomic mass is 10.0. The number of carboxylic acid groups (broad SMARTS) is 1. The van der Waals surface area contributed by atoms with E-state index in [9.17, 15) is 4.79 Å². The summed E-state index contributed by atoms with van der Waals surface area (Å²) in [6.45, 7) is 0.482. The number of carboxylic acids is 1. The van der Waals surface area contributed by atoms with Crippen LogP contribution in [-0.4, -0.2) is 11.1 Å². The minimum atomic E-state index is -0.947. The van der Waals surface area contributed by atoms with Crippen LogP contribution in [0.15, 0.2) is 89.1 Å². The first-order valence-electron chi connectivity index (χ1n) is 7.57. The summed E-state index contributed by atoms with van der Waals surface area (Å²) in [5.74, 6) is -0.947. The molecule has 0 aromatic heterocycles. The maximum absolute atomic E-state index is 10.8. The van der Waals surface area contributed by atoms with E-state index in [1.807, 2.05) is 30.3 Å². The van der Waals surface area contributed by atoms with E-state index in [1.54, 1.807) is 12.1 Å². The van der Waals surface area contributed by atoms with Crippen LogP contribution in [0.25, 0.3) is 11.1 Å². The Hall–Kier alpha value is -3.27. The molecule has 4 heteroatoms. The molecule has 0 spiro atoms. The normalized spacial score (nSPS) is 10.8. The zero-order valence-electron chi connectivity index (χ0n) is 13.0. The van der Waals surface area contributed by atoms with Crippen molar-refractivity contribution in [1.29, 1.82) is 0 Å². The van der Waals surface area contributed by atoms with Gasteiger partial charge < -0.3 is 5.11 Å². The Kier molecular flexibility index (Phi) is 4.77. The van der Waals surface area contributed by atoms with Gasteiger partial charge in [-0.3, -0.25) is 0 Å². The van der Waals surface area contributed by atoms with Crippen LogP contribution in [0.2, 0.25) is 0 Å². The van der Waals surface area contributed by atoms with Crippen molar-refractivity contribution >= 4 is 11.7 Å². The van der Waals surface area contributed by atoms with Crippen molar-refractivity contribution in [3.63, 3.8) is 0 Å². The Morgan fingerprint density at radius 1 is 0.792 bits per heavy atom. The van der Waals surface area contributed by atoms with Crippen molar-refractivity contribution in [2.45, 2.75) is 6.54 Å². The monoisotopic (exact) mass is 316 g/mol. The summed E-state index contributed by atoms with van der Waals surface area (Å²) in [4.78, 5) is 10.8. The zero-order valence-corrected chi connectivity index (χ0v) is 13.0. The van der Waals surface area contributed by atoms with Crippen LogP contribution in [0.1, 0.15) is 15.9 Å². The molecule has 0 unspecified atom stereocenters. The SMILES string of the molecule is O=C(O)c1ccc(N=NCc2ccc(-c3ccccc3)cc2)cc1. The van der Waals surface area contributed by atoms with Crippen molar-refractivity contribution in [1.82, 2.24) is 0 Å². The summed E-state index contributed by atoms with van der Waals surface area (Å²) in [5, 5.41) is 17.1. The topological polar surface area (TPSA) is 62.0 Å². The van der Waals surface area contributed by atoms with Gasteiger partial charge in [0.25, 0.3) is 0 Å². The van der Waals surface area contributed by atoms with Gasteiger partial charge in [-0.2, -0.15) is 10.2 Å². The third kappa shape index (κ3) is 3.93. The minimum Gasteiger partial charge on any atom is -0.478 e. The lowest BCUT2D eigenvalue weighted by Gasteiger charge is -2.02. The first kappa shape index (κ1) is 15.6. The number of hydrogen-bond donors (Lipinski definition) is 1. The molecule has 0 saturated carbocycles. The lowest BCUT2D eigenvalue weighted by molar-refractivity contribution is 0.0697. The number of hydrogen-bond acceptors (Lipinski definition) is 3. The fourth-order valence-corrected chi connectivity index (χ4v) is 2.30. The van der Waals surface area contributed by atoms with Crippen LogP contribution >= 0.6 is 0 Å². The highest BCUT2D eigenvalue weighted by atomic mass is 16.4. The molecule has 0 aliphatic heterocycles. The molecular formula is C20H16N2O2. The van der Waals surface area contributed by atoms with Gasteiger partial charge in [0.05, 0.1) is 17.8 Å². The molecule has 3 aromatic carbocycles. The number of rotatable bonds is 5. The highest BCUT2D eigenvalue weighted by molar-refractivity contribution is 5.87. The minimum absolute atomic E-state index is 0.241. The van der Waals surface area contributed by atoms with Gasteiger partial charge in [0, 0.05) is 0 Å². The molecule has 0 heterocycles. The largest absolute Gasteiger partial charge is 0.478 e. The number of carbonyl (C=O) groups is 1. The van der Waals surface area contributed by atoms with Crippen LogP contribution < -0.4 is 0 Å². The number of nitrogens with zero attached hydrogens (tertiary/aromatic N) is 2. The lowest BCUT2D eigenvalue weighted by Crippen LogP contribution is -1.93. The maximum Gasteiger partial charge on any atom is 0.335 e. The highest BCUT2D eigenvalue weighted by Crippen LogP contribution is 2.20. The zero-order chi connectivity index (χ0) is 16.8. The summed E-state index contributed by atoms with van der Waals surface area (Å²) in [5.41, 5.74) is 4.30. The van der Waals surface area contributed by atoms with Crippen LogP contribution in [0.3, 0.4) is 0 Å². The van der Waals surface area contributed by atoms with Gasteiger partial charge in [-0.25, -0.2) is 4.79 Å². The molecule has 0 saturated heterocycles. The van der Waals surface area contributed by atoms with E-state index < -0.39 is 5.97 Å². The van der Waals surface area contributed by atoms with Gasteiger partial charge in [0.15, 0.2) is 0 Å². The fraction of sp³-hybridized carbons (Fsp3) is 0.0500. The van der Waals surface area contributed by atoms with Gasteiger partial charge in [-0.15, -0.1) is 0 Å². The molecule has 0 fully saturated rings. The first-order valence-corrected chi connectivity index (χ1v) is 7.57. The molecule has 0 radical (unpaired) electrons. The Labute approximate surface area is 140 Å². The van der Waals surface area contributed by atoms with E-state index in [2.05, 4.69) is 34.5 Å². The Balaban J connectivity index is 1.63. The molecule has 4 nitrogen and oxygen atoms in total. The molecular weight excluding hydrogens is 300 g/mol. The molecule has 3 aromatic rings. The second-order valence-corrected chi connectivity index (χ2v) is 5.31. The van der Waals surface area contributed by atoms with Crippen molar-refractivity contribution in [3.8, 4) is 11.1 Å². The molecule has 3 rings (SSSR count). The predicted octanol–water partition coefficient (Wildman–Crippen LogP) is 5.34.